The number of rotatable bonds is 4. The number of ether oxygens (including phenoxy) is 1. The fraction of sp³-hybridized carbons (Fsp3) is 0.316. The third-order valence-corrected chi connectivity index (χ3v) is 4.52. The zero-order chi connectivity index (χ0) is 18.7. The normalized spacial score (nSPS) is 16.4. The van der Waals surface area contributed by atoms with Crippen molar-refractivity contribution in [2.75, 3.05) is 26.7 Å². The average Bonchev–Trinajstić information content (AvgIpc) is 2.66. The van der Waals surface area contributed by atoms with E-state index >= 15 is 0 Å². The van der Waals surface area contributed by atoms with Gasteiger partial charge in [-0.05, 0) is 24.6 Å². The summed E-state index contributed by atoms with van der Waals surface area (Å²) in [5.74, 6) is 0.503. The number of nitrogens with zero attached hydrogens (tertiary/aromatic N) is 2. The van der Waals surface area contributed by atoms with Crippen LogP contribution in [0, 0.1) is 17.0 Å². The van der Waals surface area contributed by atoms with Crippen LogP contribution in [-0.2, 0) is 0 Å². The van der Waals surface area contributed by atoms with Crippen LogP contribution in [-0.4, -0.2) is 42.5 Å². The summed E-state index contributed by atoms with van der Waals surface area (Å²) in [5.41, 5.74) is 1.86. The van der Waals surface area contributed by atoms with Gasteiger partial charge in [-0.15, -0.1) is 12.4 Å². The topological polar surface area (TPSA) is 84.7 Å². The van der Waals surface area contributed by atoms with E-state index in [4.69, 9.17) is 4.74 Å². The Hall–Kier alpha value is -2.64. The fourth-order valence-corrected chi connectivity index (χ4v) is 3.32. The SMILES string of the molecule is COc1ccccc1C1CNCCN1C(=O)c1cc(C)cc([N+](=O)[O-])c1.Cl. The lowest BCUT2D eigenvalue weighted by Gasteiger charge is -2.37. The Kier molecular flexibility index (Phi) is 6.76. The number of nitro benzene ring substituents is 1. The van der Waals surface area contributed by atoms with E-state index in [0.717, 1.165) is 5.56 Å². The zero-order valence-electron chi connectivity index (χ0n) is 15.2. The molecular weight excluding hydrogens is 370 g/mol. The Balaban J connectivity index is 0.00000261. The number of amides is 1. The molecular formula is C19H22ClN3O4. The molecule has 0 bridgehead atoms. The molecule has 27 heavy (non-hydrogen) atoms. The van der Waals surface area contributed by atoms with Gasteiger partial charge in [0.15, 0.2) is 0 Å². The van der Waals surface area contributed by atoms with Gasteiger partial charge in [0.25, 0.3) is 11.6 Å². The number of nitro groups is 1. The Morgan fingerprint density at radius 3 is 2.74 bits per heavy atom. The van der Waals surface area contributed by atoms with Crippen LogP contribution in [0.2, 0.25) is 0 Å². The quantitative estimate of drug-likeness (QED) is 0.639. The lowest BCUT2D eigenvalue weighted by Crippen LogP contribution is -2.48. The van der Waals surface area contributed by atoms with Crippen LogP contribution in [0.5, 0.6) is 5.75 Å². The average molecular weight is 392 g/mol. The van der Waals surface area contributed by atoms with E-state index in [1.54, 1.807) is 25.0 Å². The third-order valence-electron chi connectivity index (χ3n) is 4.52. The van der Waals surface area contributed by atoms with E-state index < -0.39 is 4.92 Å². The van der Waals surface area contributed by atoms with Crippen molar-refractivity contribution >= 4 is 24.0 Å². The van der Waals surface area contributed by atoms with E-state index in [1.807, 2.05) is 24.3 Å². The molecule has 0 saturated carbocycles. The molecule has 2 aromatic rings. The third kappa shape index (κ3) is 4.37. The van der Waals surface area contributed by atoms with Crippen molar-refractivity contribution in [2.24, 2.45) is 0 Å². The van der Waals surface area contributed by atoms with Crippen molar-refractivity contribution in [1.29, 1.82) is 0 Å². The van der Waals surface area contributed by atoms with Gasteiger partial charge in [0.2, 0.25) is 0 Å². The minimum atomic E-state index is -0.473. The molecule has 0 spiro atoms. The maximum absolute atomic E-state index is 13.1. The molecule has 1 amide bonds. The number of benzene rings is 2. The summed E-state index contributed by atoms with van der Waals surface area (Å²) in [6.07, 6.45) is 0. The van der Waals surface area contributed by atoms with Gasteiger partial charge in [-0.25, -0.2) is 0 Å². The van der Waals surface area contributed by atoms with Crippen molar-refractivity contribution in [1.82, 2.24) is 10.2 Å². The summed E-state index contributed by atoms with van der Waals surface area (Å²) in [6.45, 7) is 3.54. The van der Waals surface area contributed by atoms with E-state index in [1.165, 1.54) is 12.1 Å². The Morgan fingerprint density at radius 2 is 2.04 bits per heavy atom. The monoisotopic (exact) mass is 391 g/mol. The van der Waals surface area contributed by atoms with Crippen LogP contribution >= 0.6 is 12.4 Å². The molecule has 1 atom stereocenters. The van der Waals surface area contributed by atoms with Crippen molar-refractivity contribution < 1.29 is 14.5 Å². The predicted molar refractivity (Wildman–Crippen MR) is 105 cm³/mol. The highest BCUT2D eigenvalue weighted by Crippen LogP contribution is 2.31. The molecule has 7 nitrogen and oxygen atoms in total. The van der Waals surface area contributed by atoms with E-state index in [9.17, 15) is 14.9 Å². The molecule has 1 aliphatic heterocycles. The number of aryl methyl sites for hydroxylation is 1. The molecule has 1 heterocycles. The predicted octanol–water partition coefficient (Wildman–Crippen LogP) is 3.12. The lowest BCUT2D eigenvalue weighted by atomic mass is 10.00. The number of hydrogen-bond acceptors (Lipinski definition) is 5. The minimum Gasteiger partial charge on any atom is -0.496 e. The number of carbonyl (C=O) groups is 1. The van der Waals surface area contributed by atoms with Crippen LogP contribution in [0.15, 0.2) is 42.5 Å². The summed E-state index contributed by atoms with van der Waals surface area (Å²) in [4.78, 5) is 25.6. The molecule has 0 aromatic heterocycles. The smallest absolute Gasteiger partial charge is 0.270 e. The van der Waals surface area contributed by atoms with Crippen LogP contribution in [0.3, 0.4) is 0 Å². The first-order valence-electron chi connectivity index (χ1n) is 8.42. The molecule has 0 radical (unpaired) electrons. The molecule has 0 aliphatic carbocycles. The van der Waals surface area contributed by atoms with E-state index in [2.05, 4.69) is 5.32 Å². The van der Waals surface area contributed by atoms with Gasteiger partial charge in [0, 0.05) is 42.9 Å². The van der Waals surface area contributed by atoms with Gasteiger partial charge >= 0.3 is 0 Å². The number of hydrogen-bond donors (Lipinski definition) is 1. The number of para-hydroxylation sites is 1. The molecule has 8 heteroatoms. The number of halogens is 1. The summed E-state index contributed by atoms with van der Waals surface area (Å²) in [7, 11) is 1.60. The first-order valence-corrected chi connectivity index (χ1v) is 8.42. The van der Waals surface area contributed by atoms with Crippen LogP contribution < -0.4 is 10.1 Å². The number of nitrogens with one attached hydrogen (secondary N) is 1. The molecule has 3 rings (SSSR count). The van der Waals surface area contributed by atoms with Gasteiger partial charge < -0.3 is 15.0 Å². The van der Waals surface area contributed by atoms with Crippen molar-refractivity contribution in [3.63, 3.8) is 0 Å². The molecule has 2 aromatic carbocycles. The second-order valence-electron chi connectivity index (χ2n) is 6.27. The second kappa shape index (κ2) is 8.83. The van der Waals surface area contributed by atoms with Gasteiger partial charge in [0.05, 0.1) is 18.1 Å². The lowest BCUT2D eigenvalue weighted by molar-refractivity contribution is -0.384. The van der Waals surface area contributed by atoms with E-state index in [0.29, 0.717) is 36.5 Å². The van der Waals surface area contributed by atoms with Crippen molar-refractivity contribution in [2.45, 2.75) is 13.0 Å². The summed E-state index contributed by atoms with van der Waals surface area (Å²) in [6, 6.07) is 11.9. The number of methoxy groups -OCH3 is 1. The Labute approximate surface area is 163 Å². The van der Waals surface area contributed by atoms with Gasteiger partial charge in [0.1, 0.15) is 5.75 Å². The number of carbonyl (C=O) groups excluding carboxylic acids is 1. The first-order chi connectivity index (χ1) is 12.5. The molecule has 1 fully saturated rings. The van der Waals surface area contributed by atoms with Crippen molar-refractivity contribution in [3.05, 3.63) is 69.3 Å². The first kappa shape index (κ1) is 20.7. The highest BCUT2D eigenvalue weighted by molar-refractivity contribution is 5.95. The molecule has 1 N–H and O–H groups in total. The van der Waals surface area contributed by atoms with Gasteiger partial charge in [-0.1, -0.05) is 18.2 Å². The van der Waals surface area contributed by atoms with E-state index in [-0.39, 0.29) is 30.0 Å². The highest BCUT2D eigenvalue weighted by Gasteiger charge is 2.31. The Bertz CT molecular complexity index is 843. The largest absolute Gasteiger partial charge is 0.496 e. The van der Waals surface area contributed by atoms with Crippen LogP contribution in [0.1, 0.15) is 27.5 Å². The molecule has 144 valence electrons. The van der Waals surface area contributed by atoms with Crippen LogP contribution in [0.4, 0.5) is 5.69 Å². The zero-order valence-corrected chi connectivity index (χ0v) is 16.0. The molecule has 1 aliphatic rings. The summed E-state index contributed by atoms with van der Waals surface area (Å²) >= 11 is 0. The van der Waals surface area contributed by atoms with Gasteiger partial charge in [-0.3, -0.25) is 14.9 Å². The van der Waals surface area contributed by atoms with Crippen molar-refractivity contribution in [3.8, 4) is 5.75 Å². The standard InChI is InChI=1S/C19H21N3O4.ClH/c1-13-9-14(11-15(10-13)22(24)25)19(23)21-8-7-20-12-17(21)16-5-3-4-6-18(16)26-2;/h3-6,9-11,17,20H,7-8,12H2,1-2H3;1H. The minimum absolute atomic E-state index is 0. The summed E-state index contributed by atoms with van der Waals surface area (Å²) in [5, 5.41) is 14.4. The van der Waals surface area contributed by atoms with Gasteiger partial charge in [-0.2, -0.15) is 0 Å². The highest BCUT2D eigenvalue weighted by atomic mass is 35.5. The maximum Gasteiger partial charge on any atom is 0.270 e. The fourth-order valence-electron chi connectivity index (χ4n) is 3.32. The maximum atomic E-state index is 13.1. The molecule has 1 unspecified atom stereocenters. The van der Waals surface area contributed by atoms with Crippen LogP contribution in [0.25, 0.3) is 0 Å². The Morgan fingerprint density at radius 1 is 1.30 bits per heavy atom. The second-order valence-corrected chi connectivity index (χ2v) is 6.27. The summed E-state index contributed by atoms with van der Waals surface area (Å²) < 4.78 is 5.45. The number of non-ortho nitro benzene ring substituents is 1. The molecule has 1 saturated heterocycles. The number of piperazine rings is 1.